The van der Waals surface area contributed by atoms with Crippen LogP contribution in [0.1, 0.15) is 37.0 Å². The maximum Gasteiger partial charge on any atom is 0.255 e. The van der Waals surface area contributed by atoms with Crippen LogP contribution in [-0.4, -0.2) is 16.8 Å². The van der Waals surface area contributed by atoms with E-state index in [-0.39, 0.29) is 17.0 Å². The second-order valence-corrected chi connectivity index (χ2v) is 6.05. The van der Waals surface area contributed by atoms with Gasteiger partial charge < -0.3 is 5.32 Å². The summed E-state index contributed by atoms with van der Waals surface area (Å²) in [5.41, 5.74) is -0.269. The van der Waals surface area contributed by atoms with Gasteiger partial charge in [-0.2, -0.15) is 0 Å². The Morgan fingerprint density at radius 2 is 2.17 bits per heavy atom. The second-order valence-electron chi connectivity index (χ2n) is 4.40. The summed E-state index contributed by atoms with van der Waals surface area (Å²) in [6.45, 7) is 3.96. The molecule has 1 N–H and O–H groups in total. The van der Waals surface area contributed by atoms with Crippen LogP contribution >= 0.6 is 31.9 Å². The highest BCUT2D eigenvalue weighted by molar-refractivity contribution is 9.10. The number of carbonyl (C=O) groups excluding carboxylic acids is 1. The van der Waals surface area contributed by atoms with Gasteiger partial charge in [-0.25, -0.2) is 4.39 Å². The Morgan fingerprint density at radius 1 is 1.50 bits per heavy atom. The van der Waals surface area contributed by atoms with Crippen LogP contribution in [0.5, 0.6) is 0 Å². The molecule has 0 aliphatic heterocycles. The van der Waals surface area contributed by atoms with E-state index in [1.54, 1.807) is 12.1 Å². The van der Waals surface area contributed by atoms with Crippen LogP contribution in [0, 0.1) is 5.82 Å². The quantitative estimate of drug-likeness (QED) is 0.759. The van der Waals surface area contributed by atoms with Crippen molar-refractivity contribution in [3.8, 4) is 0 Å². The molecule has 18 heavy (non-hydrogen) atoms. The summed E-state index contributed by atoms with van der Waals surface area (Å²) in [7, 11) is 0. The predicted octanol–water partition coefficient (Wildman–Crippen LogP) is 4.27. The number of carbonyl (C=O) groups is 1. The van der Waals surface area contributed by atoms with E-state index in [0.29, 0.717) is 4.47 Å². The molecule has 1 rings (SSSR count). The van der Waals surface area contributed by atoms with Crippen molar-refractivity contribution in [3.05, 3.63) is 34.1 Å². The number of hydrogen-bond acceptors (Lipinski definition) is 1. The van der Waals surface area contributed by atoms with Crippen molar-refractivity contribution in [1.29, 1.82) is 0 Å². The molecule has 5 heteroatoms. The van der Waals surface area contributed by atoms with E-state index in [9.17, 15) is 9.18 Å². The third kappa shape index (κ3) is 3.79. The monoisotopic (exact) mass is 379 g/mol. The van der Waals surface area contributed by atoms with Gasteiger partial charge in [0, 0.05) is 15.3 Å². The lowest BCUT2D eigenvalue weighted by Crippen LogP contribution is -2.46. The summed E-state index contributed by atoms with van der Waals surface area (Å²) < 4.78 is 14.1. The molecule has 1 unspecified atom stereocenters. The molecule has 0 aliphatic carbocycles. The Morgan fingerprint density at radius 3 is 2.67 bits per heavy atom. The zero-order valence-corrected chi connectivity index (χ0v) is 13.6. The largest absolute Gasteiger partial charge is 0.347 e. The van der Waals surface area contributed by atoms with Gasteiger partial charge in [0.1, 0.15) is 5.82 Å². The standard InChI is InChI=1S/C13H16Br2FNO/c1-3-13(2,7-8-14)17-12(18)11-9(15)5-4-6-10(11)16/h4-6H,3,7-8H2,1-2H3,(H,17,18). The maximum atomic E-state index is 13.7. The molecule has 1 aromatic carbocycles. The average Bonchev–Trinajstić information content (AvgIpc) is 2.29. The number of halogens is 3. The predicted molar refractivity (Wildman–Crippen MR) is 78.7 cm³/mol. The van der Waals surface area contributed by atoms with Crippen molar-refractivity contribution in [2.75, 3.05) is 5.33 Å². The fraction of sp³-hybridized carbons (Fsp3) is 0.462. The van der Waals surface area contributed by atoms with Crippen molar-refractivity contribution in [2.24, 2.45) is 0 Å². The van der Waals surface area contributed by atoms with Crippen molar-refractivity contribution < 1.29 is 9.18 Å². The lowest BCUT2D eigenvalue weighted by atomic mass is 9.95. The first-order valence-corrected chi connectivity index (χ1v) is 7.67. The molecular weight excluding hydrogens is 365 g/mol. The molecule has 2 nitrogen and oxygen atoms in total. The van der Waals surface area contributed by atoms with E-state index in [0.717, 1.165) is 18.2 Å². The highest BCUT2D eigenvalue weighted by atomic mass is 79.9. The van der Waals surface area contributed by atoms with E-state index in [2.05, 4.69) is 37.2 Å². The second kappa shape index (κ2) is 6.66. The zero-order chi connectivity index (χ0) is 13.8. The lowest BCUT2D eigenvalue weighted by molar-refractivity contribution is 0.0897. The molecule has 1 amide bonds. The fourth-order valence-electron chi connectivity index (χ4n) is 1.59. The van der Waals surface area contributed by atoms with E-state index in [1.807, 2.05) is 13.8 Å². The average molecular weight is 381 g/mol. The van der Waals surface area contributed by atoms with Crippen LogP contribution in [0.4, 0.5) is 4.39 Å². The number of benzene rings is 1. The molecular formula is C13H16Br2FNO. The number of alkyl halides is 1. The van der Waals surface area contributed by atoms with E-state index < -0.39 is 5.82 Å². The van der Waals surface area contributed by atoms with Gasteiger partial charge in [0.05, 0.1) is 5.56 Å². The Bertz CT molecular complexity index is 419. The minimum absolute atomic E-state index is 0.0618. The Hall–Kier alpha value is -0.420. The van der Waals surface area contributed by atoms with Gasteiger partial charge in [-0.3, -0.25) is 4.79 Å². The van der Waals surface area contributed by atoms with Gasteiger partial charge in [0.15, 0.2) is 0 Å². The van der Waals surface area contributed by atoms with Crippen LogP contribution < -0.4 is 5.32 Å². The normalized spacial score (nSPS) is 14.1. The van der Waals surface area contributed by atoms with Gasteiger partial charge in [-0.15, -0.1) is 0 Å². The highest BCUT2D eigenvalue weighted by Gasteiger charge is 2.26. The molecule has 0 aliphatic rings. The summed E-state index contributed by atoms with van der Waals surface area (Å²) >= 11 is 6.57. The summed E-state index contributed by atoms with van der Waals surface area (Å²) in [5, 5.41) is 3.69. The topological polar surface area (TPSA) is 29.1 Å². The fourth-order valence-corrected chi connectivity index (χ4v) is 2.98. The zero-order valence-electron chi connectivity index (χ0n) is 10.4. The van der Waals surface area contributed by atoms with Crippen molar-refractivity contribution in [3.63, 3.8) is 0 Å². The molecule has 0 aromatic heterocycles. The molecule has 100 valence electrons. The Labute approximate surface area is 124 Å². The number of hydrogen-bond donors (Lipinski definition) is 1. The first-order chi connectivity index (χ1) is 8.43. The molecule has 1 atom stereocenters. The maximum absolute atomic E-state index is 13.7. The lowest BCUT2D eigenvalue weighted by Gasteiger charge is -2.29. The molecule has 0 saturated carbocycles. The first-order valence-electron chi connectivity index (χ1n) is 5.76. The molecule has 0 heterocycles. The number of nitrogens with one attached hydrogen (secondary N) is 1. The van der Waals surface area contributed by atoms with Gasteiger partial charge >= 0.3 is 0 Å². The Balaban J connectivity index is 2.95. The summed E-state index contributed by atoms with van der Waals surface area (Å²) in [5.74, 6) is -0.899. The SMILES string of the molecule is CCC(C)(CCBr)NC(=O)c1c(F)cccc1Br. The van der Waals surface area contributed by atoms with Crippen LogP contribution in [0.25, 0.3) is 0 Å². The van der Waals surface area contributed by atoms with Crippen LogP contribution in [0.2, 0.25) is 0 Å². The van der Waals surface area contributed by atoms with Crippen molar-refractivity contribution >= 4 is 37.8 Å². The van der Waals surface area contributed by atoms with Gasteiger partial charge in [-0.1, -0.05) is 28.9 Å². The third-order valence-electron chi connectivity index (χ3n) is 3.03. The van der Waals surface area contributed by atoms with E-state index in [4.69, 9.17) is 0 Å². The van der Waals surface area contributed by atoms with Gasteiger partial charge in [0.2, 0.25) is 0 Å². The highest BCUT2D eigenvalue weighted by Crippen LogP contribution is 2.22. The van der Waals surface area contributed by atoms with E-state index in [1.165, 1.54) is 6.07 Å². The smallest absolute Gasteiger partial charge is 0.255 e. The van der Waals surface area contributed by atoms with Gasteiger partial charge in [0.25, 0.3) is 5.91 Å². The van der Waals surface area contributed by atoms with Crippen LogP contribution in [0.3, 0.4) is 0 Å². The first kappa shape index (κ1) is 15.6. The number of amides is 1. The minimum atomic E-state index is -0.515. The minimum Gasteiger partial charge on any atom is -0.347 e. The summed E-state index contributed by atoms with van der Waals surface area (Å²) in [4.78, 5) is 12.1. The molecule has 0 radical (unpaired) electrons. The number of rotatable bonds is 5. The van der Waals surface area contributed by atoms with Crippen LogP contribution in [0.15, 0.2) is 22.7 Å². The molecule has 0 bridgehead atoms. The summed E-state index contributed by atoms with van der Waals surface area (Å²) in [6.07, 6.45) is 1.58. The molecule has 0 saturated heterocycles. The molecule has 0 spiro atoms. The van der Waals surface area contributed by atoms with Crippen molar-refractivity contribution in [1.82, 2.24) is 5.32 Å². The molecule has 0 fully saturated rings. The van der Waals surface area contributed by atoms with E-state index >= 15 is 0 Å². The third-order valence-corrected chi connectivity index (χ3v) is 4.09. The molecule has 1 aromatic rings. The Kier molecular flexibility index (Phi) is 5.79. The van der Waals surface area contributed by atoms with Gasteiger partial charge in [-0.05, 0) is 47.8 Å². The van der Waals surface area contributed by atoms with Crippen molar-refractivity contribution in [2.45, 2.75) is 32.2 Å². The summed E-state index contributed by atoms with van der Waals surface area (Å²) in [6, 6.07) is 4.51. The van der Waals surface area contributed by atoms with Crippen LogP contribution in [-0.2, 0) is 0 Å².